The molecular weight excluding hydrogens is 202 g/mol. The van der Waals surface area contributed by atoms with Gasteiger partial charge in [-0.1, -0.05) is 0 Å². The zero-order valence-electron chi connectivity index (χ0n) is 8.91. The summed E-state index contributed by atoms with van der Waals surface area (Å²) in [6.45, 7) is 1.06. The van der Waals surface area contributed by atoms with E-state index in [1.54, 1.807) is 12.4 Å². The molecular formula is C12H13N3O. The molecule has 4 nitrogen and oxygen atoms in total. The van der Waals surface area contributed by atoms with Gasteiger partial charge in [-0.05, 0) is 18.4 Å². The maximum absolute atomic E-state index is 11.0. The van der Waals surface area contributed by atoms with E-state index >= 15 is 0 Å². The van der Waals surface area contributed by atoms with Gasteiger partial charge >= 0.3 is 0 Å². The second-order valence-electron chi connectivity index (χ2n) is 4.20. The Labute approximate surface area is 93.8 Å². The number of hydrogen-bond donors (Lipinski definition) is 0. The number of rotatable bonds is 1. The smallest absolute Gasteiger partial charge is 0.180 e. The van der Waals surface area contributed by atoms with Crippen molar-refractivity contribution in [3.8, 4) is 0 Å². The number of nitrogens with zero attached hydrogens (tertiary/aromatic N) is 3. The second kappa shape index (κ2) is 3.63. The van der Waals surface area contributed by atoms with Crippen molar-refractivity contribution in [3.63, 3.8) is 0 Å². The van der Waals surface area contributed by atoms with Crippen molar-refractivity contribution in [2.45, 2.75) is 25.3 Å². The summed E-state index contributed by atoms with van der Waals surface area (Å²) in [5.41, 5.74) is 2.46. The van der Waals surface area contributed by atoms with E-state index in [4.69, 9.17) is 0 Å². The van der Waals surface area contributed by atoms with Crippen molar-refractivity contribution in [2.75, 3.05) is 0 Å². The summed E-state index contributed by atoms with van der Waals surface area (Å²) in [5, 5.41) is 11.0. The first kappa shape index (κ1) is 9.39. The van der Waals surface area contributed by atoms with Crippen molar-refractivity contribution in [2.24, 2.45) is 0 Å². The Morgan fingerprint density at radius 2 is 2.19 bits per heavy atom. The lowest BCUT2D eigenvalue weighted by Gasteiger charge is -2.23. The summed E-state index contributed by atoms with van der Waals surface area (Å²) in [7, 11) is 0. The van der Waals surface area contributed by atoms with Crippen molar-refractivity contribution in [3.05, 3.63) is 53.5 Å². The van der Waals surface area contributed by atoms with Crippen LogP contribution in [0.3, 0.4) is 0 Å². The van der Waals surface area contributed by atoms with Crippen LogP contribution in [0.2, 0.25) is 0 Å². The van der Waals surface area contributed by atoms with Gasteiger partial charge in [-0.25, -0.2) is 4.98 Å². The Hall–Kier alpha value is -1.84. The van der Waals surface area contributed by atoms with Crippen LogP contribution in [0, 0.1) is 5.21 Å². The molecule has 0 spiro atoms. The van der Waals surface area contributed by atoms with Gasteiger partial charge in [-0.2, -0.15) is 4.73 Å². The molecule has 0 amide bonds. The molecule has 2 aromatic heterocycles. The van der Waals surface area contributed by atoms with Gasteiger partial charge in [0.15, 0.2) is 12.4 Å². The molecule has 1 aliphatic rings. The molecule has 1 aliphatic heterocycles. The number of fused-ring (bicyclic) bond motifs is 1. The SMILES string of the molecule is [O-][n+]1ccc(C2CCCn3cncc32)cc1. The van der Waals surface area contributed by atoms with Gasteiger partial charge in [0.25, 0.3) is 0 Å². The zero-order valence-corrected chi connectivity index (χ0v) is 8.91. The average molecular weight is 215 g/mol. The first-order valence-electron chi connectivity index (χ1n) is 5.53. The standard InChI is InChI=1S/C12H13N3O/c16-15-6-3-10(4-7-15)11-2-1-5-14-9-13-8-12(11)14/h3-4,6-9,11H,1-2,5H2. The van der Waals surface area contributed by atoms with Crippen LogP contribution >= 0.6 is 0 Å². The van der Waals surface area contributed by atoms with Crippen LogP contribution < -0.4 is 4.73 Å². The maximum atomic E-state index is 11.0. The number of aromatic nitrogens is 3. The Balaban J connectivity index is 2.00. The second-order valence-corrected chi connectivity index (χ2v) is 4.20. The maximum Gasteiger partial charge on any atom is 0.180 e. The molecule has 0 aliphatic carbocycles. The molecule has 1 atom stereocenters. The molecule has 3 heterocycles. The van der Waals surface area contributed by atoms with Crippen molar-refractivity contribution >= 4 is 0 Å². The van der Waals surface area contributed by atoms with Crippen molar-refractivity contribution < 1.29 is 4.73 Å². The fraction of sp³-hybridized carbons (Fsp3) is 0.333. The molecule has 82 valence electrons. The summed E-state index contributed by atoms with van der Waals surface area (Å²) in [6.07, 6.45) is 9.24. The number of imidazole rings is 1. The highest BCUT2D eigenvalue weighted by Crippen LogP contribution is 2.32. The minimum Gasteiger partial charge on any atom is -0.619 e. The molecule has 0 saturated carbocycles. The predicted octanol–water partition coefficient (Wildman–Crippen LogP) is 1.44. The molecule has 0 N–H and O–H groups in total. The monoisotopic (exact) mass is 215 g/mol. The van der Waals surface area contributed by atoms with Gasteiger partial charge in [-0.15, -0.1) is 0 Å². The van der Waals surface area contributed by atoms with E-state index in [-0.39, 0.29) is 0 Å². The lowest BCUT2D eigenvalue weighted by Crippen LogP contribution is -2.24. The summed E-state index contributed by atoms with van der Waals surface area (Å²) in [5.74, 6) is 0.387. The molecule has 0 saturated heterocycles. The fourth-order valence-electron chi connectivity index (χ4n) is 2.42. The summed E-state index contributed by atoms with van der Waals surface area (Å²) >= 11 is 0. The number of aryl methyl sites for hydroxylation is 1. The Kier molecular flexibility index (Phi) is 2.13. The third-order valence-corrected chi connectivity index (χ3v) is 3.22. The van der Waals surface area contributed by atoms with Crippen LogP contribution in [0.25, 0.3) is 0 Å². The quantitative estimate of drug-likeness (QED) is 0.533. The van der Waals surface area contributed by atoms with E-state index in [1.165, 1.54) is 17.7 Å². The van der Waals surface area contributed by atoms with Crippen LogP contribution in [-0.2, 0) is 6.54 Å². The number of hydrogen-bond acceptors (Lipinski definition) is 2. The predicted molar refractivity (Wildman–Crippen MR) is 58.7 cm³/mol. The fourth-order valence-corrected chi connectivity index (χ4v) is 2.42. The molecule has 1 unspecified atom stereocenters. The van der Waals surface area contributed by atoms with E-state index in [2.05, 4.69) is 9.55 Å². The molecule has 3 rings (SSSR count). The Bertz CT molecular complexity index is 489. The van der Waals surface area contributed by atoms with Crippen LogP contribution in [0.5, 0.6) is 0 Å². The third kappa shape index (κ3) is 1.46. The molecule has 16 heavy (non-hydrogen) atoms. The van der Waals surface area contributed by atoms with E-state index in [0.717, 1.165) is 17.7 Å². The number of pyridine rings is 1. The Morgan fingerprint density at radius 3 is 3.00 bits per heavy atom. The van der Waals surface area contributed by atoms with Crippen molar-refractivity contribution in [1.82, 2.24) is 9.55 Å². The topological polar surface area (TPSA) is 44.8 Å². The van der Waals surface area contributed by atoms with Gasteiger partial charge in [-0.3, -0.25) is 0 Å². The van der Waals surface area contributed by atoms with Gasteiger partial charge in [0.05, 0.1) is 6.33 Å². The zero-order chi connectivity index (χ0) is 11.0. The highest BCUT2D eigenvalue weighted by atomic mass is 16.5. The van der Waals surface area contributed by atoms with Gasteiger partial charge < -0.3 is 9.77 Å². The van der Waals surface area contributed by atoms with Crippen LogP contribution in [0.1, 0.15) is 30.0 Å². The van der Waals surface area contributed by atoms with Crippen molar-refractivity contribution in [1.29, 1.82) is 0 Å². The summed E-state index contributed by atoms with van der Waals surface area (Å²) in [6, 6.07) is 3.81. The highest BCUT2D eigenvalue weighted by molar-refractivity contribution is 5.26. The van der Waals surface area contributed by atoms with Gasteiger partial charge in [0, 0.05) is 36.5 Å². The lowest BCUT2D eigenvalue weighted by atomic mass is 9.90. The molecule has 0 fully saturated rings. The molecule has 4 heteroatoms. The molecule has 0 aromatic carbocycles. The normalized spacial score (nSPS) is 19.4. The van der Waals surface area contributed by atoms with Gasteiger partial charge in [0.1, 0.15) is 0 Å². The van der Waals surface area contributed by atoms with Crippen LogP contribution in [0.15, 0.2) is 37.1 Å². The third-order valence-electron chi connectivity index (χ3n) is 3.22. The first-order chi connectivity index (χ1) is 7.84. The summed E-state index contributed by atoms with van der Waals surface area (Å²) < 4.78 is 3.02. The largest absolute Gasteiger partial charge is 0.619 e. The lowest BCUT2D eigenvalue weighted by molar-refractivity contribution is -0.605. The first-order valence-corrected chi connectivity index (χ1v) is 5.53. The summed E-state index contributed by atoms with van der Waals surface area (Å²) in [4.78, 5) is 4.19. The molecule has 2 aromatic rings. The Morgan fingerprint density at radius 1 is 1.38 bits per heavy atom. The molecule has 0 bridgehead atoms. The van der Waals surface area contributed by atoms with E-state index in [0.29, 0.717) is 5.92 Å². The van der Waals surface area contributed by atoms with Crippen LogP contribution in [-0.4, -0.2) is 9.55 Å². The van der Waals surface area contributed by atoms with E-state index < -0.39 is 0 Å². The van der Waals surface area contributed by atoms with Crippen LogP contribution in [0.4, 0.5) is 0 Å². The minimum absolute atomic E-state index is 0.387. The minimum atomic E-state index is 0.387. The van der Waals surface area contributed by atoms with Gasteiger partial charge in [0.2, 0.25) is 0 Å². The van der Waals surface area contributed by atoms with E-state index in [1.807, 2.05) is 24.7 Å². The highest BCUT2D eigenvalue weighted by Gasteiger charge is 2.22. The average Bonchev–Trinajstić information content (AvgIpc) is 2.78. The molecule has 0 radical (unpaired) electrons. The van der Waals surface area contributed by atoms with E-state index in [9.17, 15) is 5.21 Å².